The second kappa shape index (κ2) is 13.3. The molecule has 0 aliphatic heterocycles. The van der Waals surface area contributed by atoms with Gasteiger partial charge in [0, 0.05) is 24.2 Å². The summed E-state index contributed by atoms with van der Waals surface area (Å²) in [6.45, 7) is 10.4. The van der Waals surface area contributed by atoms with Crippen LogP contribution in [0.2, 0.25) is 0 Å². The number of phenols is 1. The number of hydrogen-bond acceptors (Lipinski definition) is 6. The highest BCUT2D eigenvalue weighted by molar-refractivity contribution is 5.99. The first-order chi connectivity index (χ1) is 17.8. The summed E-state index contributed by atoms with van der Waals surface area (Å²) < 4.78 is 5.29. The van der Waals surface area contributed by atoms with Gasteiger partial charge in [0.05, 0.1) is 0 Å². The van der Waals surface area contributed by atoms with Crippen LogP contribution in [0, 0.1) is 6.92 Å². The normalized spacial score (nSPS) is 12.5. The zero-order chi connectivity index (χ0) is 28.5. The summed E-state index contributed by atoms with van der Waals surface area (Å²) in [4.78, 5) is 52.8. The maximum absolute atomic E-state index is 13.9. The number of carbonyl (C=O) groups is 4. The highest BCUT2D eigenvalue weighted by Crippen LogP contribution is 2.31. The molecule has 0 fully saturated rings. The standard InChI is InChI=1S/C28H36N4O6/c1-6-17-32(26(36)21(15-16-23(29)34)31-27(37)38-28(3,4)5)24(19-12-8-10-14-22(19)33)25(35)30-20-13-9-7-11-18(20)2/h6-14,21,24,33H,1,15-17H2,2-5H3,(H2,29,34)(H,30,35)(H,31,37). The number of phenolic OH excluding ortho intramolecular Hbond substituents is 1. The number of alkyl carbamates (subject to hydrolysis) is 1. The molecule has 2 rings (SSSR count). The summed E-state index contributed by atoms with van der Waals surface area (Å²) in [7, 11) is 0. The van der Waals surface area contributed by atoms with Crippen LogP contribution in [0.15, 0.2) is 61.2 Å². The van der Waals surface area contributed by atoms with Crippen molar-refractivity contribution in [3.05, 3.63) is 72.3 Å². The molecule has 2 aromatic rings. The summed E-state index contributed by atoms with van der Waals surface area (Å²) in [5.74, 6) is -2.15. The SMILES string of the molecule is C=CCN(C(=O)C(CCC(N)=O)NC(=O)OC(C)(C)C)C(C(=O)Nc1ccccc1C)c1ccccc1O. The molecule has 204 valence electrons. The second-order valence-electron chi connectivity index (χ2n) is 9.75. The minimum atomic E-state index is -1.31. The number of ether oxygens (including phenoxy) is 1. The second-order valence-corrected chi connectivity index (χ2v) is 9.75. The van der Waals surface area contributed by atoms with Crippen molar-refractivity contribution in [2.24, 2.45) is 5.73 Å². The zero-order valence-electron chi connectivity index (χ0n) is 22.2. The van der Waals surface area contributed by atoms with E-state index in [0.29, 0.717) is 5.69 Å². The van der Waals surface area contributed by atoms with E-state index in [1.54, 1.807) is 45.0 Å². The van der Waals surface area contributed by atoms with E-state index < -0.39 is 41.5 Å². The molecule has 0 aromatic heterocycles. The van der Waals surface area contributed by atoms with E-state index >= 15 is 0 Å². The van der Waals surface area contributed by atoms with Gasteiger partial charge in [-0.3, -0.25) is 14.4 Å². The molecule has 0 aliphatic carbocycles. The lowest BCUT2D eigenvalue weighted by molar-refractivity contribution is -0.140. The van der Waals surface area contributed by atoms with E-state index in [9.17, 15) is 24.3 Å². The number of primary amides is 1. The third-order valence-electron chi connectivity index (χ3n) is 5.47. The Bertz CT molecular complexity index is 1170. The van der Waals surface area contributed by atoms with E-state index in [1.165, 1.54) is 23.1 Å². The molecule has 10 heteroatoms. The molecular weight excluding hydrogens is 488 g/mol. The van der Waals surface area contributed by atoms with Crippen molar-refractivity contribution in [2.75, 3.05) is 11.9 Å². The molecule has 4 amide bonds. The molecule has 2 aromatic carbocycles. The first-order valence-electron chi connectivity index (χ1n) is 12.2. The van der Waals surface area contributed by atoms with Crippen LogP contribution in [0.4, 0.5) is 10.5 Å². The molecule has 5 N–H and O–H groups in total. The Kier molecular flexibility index (Phi) is 10.4. The smallest absolute Gasteiger partial charge is 0.408 e. The van der Waals surface area contributed by atoms with Crippen molar-refractivity contribution < 1.29 is 29.0 Å². The van der Waals surface area contributed by atoms with Crippen molar-refractivity contribution >= 4 is 29.5 Å². The van der Waals surface area contributed by atoms with Gasteiger partial charge in [-0.15, -0.1) is 6.58 Å². The number of nitrogens with zero attached hydrogens (tertiary/aromatic N) is 1. The molecule has 2 atom stereocenters. The van der Waals surface area contributed by atoms with Crippen LogP contribution >= 0.6 is 0 Å². The monoisotopic (exact) mass is 524 g/mol. The van der Waals surface area contributed by atoms with Gasteiger partial charge in [0.25, 0.3) is 5.91 Å². The number of nitrogens with one attached hydrogen (secondary N) is 2. The summed E-state index contributed by atoms with van der Waals surface area (Å²) in [6.07, 6.45) is 0.214. The van der Waals surface area contributed by atoms with Gasteiger partial charge < -0.3 is 31.1 Å². The maximum atomic E-state index is 13.9. The molecule has 0 aliphatic rings. The summed E-state index contributed by atoms with van der Waals surface area (Å²) in [5.41, 5.74) is 5.96. The minimum absolute atomic E-state index is 0.109. The van der Waals surface area contributed by atoms with Gasteiger partial charge in [-0.25, -0.2) is 4.79 Å². The Morgan fingerprint density at radius 2 is 1.74 bits per heavy atom. The molecular formula is C28H36N4O6. The first kappa shape index (κ1) is 29.9. The van der Waals surface area contributed by atoms with E-state index in [-0.39, 0.29) is 30.7 Å². The van der Waals surface area contributed by atoms with Crippen molar-refractivity contribution in [1.82, 2.24) is 10.2 Å². The number of aromatic hydroxyl groups is 1. The third-order valence-corrected chi connectivity index (χ3v) is 5.47. The van der Waals surface area contributed by atoms with Gasteiger partial charge in [0.2, 0.25) is 11.8 Å². The van der Waals surface area contributed by atoms with Crippen LogP contribution in [-0.2, 0) is 19.1 Å². The first-order valence-corrected chi connectivity index (χ1v) is 12.2. The predicted molar refractivity (Wildman–Crippen MR) is 144 cm³/mol. The van der Waals surface area contributed by atoms with Crippen LogP contribution in [0.5, 0.6) is 5.75 Å². The average Bonchev–Trinajstić information content (AvgIpc) is 2.82. The van der Waals surface area contributed by atoms with Gasteiger partial charge >= 0.3 is 6.09 Å². The number of carbonyl (C=O) groups excluding carboxylic acids is 4. The number of amides is 4. The number of nitrogens with two attached hydrogens (primary N) is 1. The lowest BCUT2D eigenvalue weighted by Gasteiger charge is -2.34. The lowest BCUT2D eigenvalue weighted by Crippen LogP contribution is -2.52. The van der Waals surface area contributed by atoms with Crippen LogP contribution in [0.25, 0.3) is 0 Å². The lowest BCUT2D eigenvalue weighted by atomic mass is 10.00. The summed E-state index contributed by atoms with van der Waals surface area (Å²) in [5, 5.41) is 16.0. The Morgan fingerprint density at radius 3 is 2.32 bits per heavy atom. The fraction of sp³-hybridized carbons (Fsp3) is 0.357. The van der Waals surface area contributed by atoms with Crippen LogP contribution < -0.4 is 16.4 Å². The third kappa shape index (κ3) is 8.65. The molecule has 0 spiro atoms. The molecule has 10 nitrogen and oxygen atoms in total. The van der Waals surface area contributed by atoms with Gasteiger partial charge in [-0.05, 0) is 51.8 Å². The number of anilines is 1. The molecule has 38 heavy (non-hydrogen) atoms. The van der Waals surface area contributed by atoms with Gasteiger partial charge in [-0.1, -0.05) is 42.5 Å². The van der Waals surface area contributed by atoms with Crippen molar-refractivity contribution in [3.63, 3.8) is 0 Å². The number of para-hydroxylation sites is 2. The molecule has 0 bridgehead atoms. The van der Waals surface area contributed by atoms with E-state index in [0.717, 1.165) is 5.56 Å². The van der Waals surface area contributed by atoms with Crippen molar-refractivity contribution in [2.45, 2.75) is 58.2 Å². The number of hydrogen-bond donors (Lipinski definition) is 4. The Balaban J connectivity index is 2.53. The Morgan fingerprint density at radius 1 is 1.11 bits per heavy atom. The van der Waals surface area contributed by atoms with Crippen LogP contribution in [-0.4, -0.2) is 52.0 Å². The fourth-order valence-electron chi connectivity index (χ4n) is 3.74. The Hall–Kier alpha value is -4.34. The number of benzene rings is 2. The minimum Gasteiger partial charge on any atom is -0.508 e. The fourth-order valence-corrected chi connectivity index (χ4v) is 3.74. The quantitative estimate of drug-likeness (QED) is 0.330. The highest BCUT2D eigenvalue weighted by atomic mass is 16.6. The van der Waals surface area contributed by atoms with Crippen LogP contribution in [0.1, 0.15) is 50.8 Å². The molecule has 0 saturated carbocycles. The maximum Gasteiger partial charge on any atom is 0.408 e. The summed E-state index contributed by atoms with van der Waals surface area (Å²) >= 11 is 0. The van der Waals surface area contributed by atoms with Crippen molar-refractivity contribution in [3.8, 4) is 5.75 Å². The molecule has 0 saturated heterocycles. The van der Waals surface area contributed by atoms with Gasteiger partial charge in [0.15, 0.2) is 0 Å². The molecule has 0 heterocycles. The number of aryl methyl sites for hydroxylation is 1. The van der Waals surface area contributed by atoms with E-state index in [4.69, 9.17) is 10.5 Å². The predicted octanol–water partition coefficient (Wildman–Crippen LogP) is 3.55. The zero-order valence-corrected chi connectivity index (χ0v) is 22.2. The number of rotatable bonds is 11. The topological polar surface area (TPSA) is 151 Å². The largest absolute Gasteiger partial charge is 0.508 e. The van der Waals surface area contributed by atoms with E-state index in [2.05, 4.69) is 17.2 Å². The van der Waals surface area contributed by atoms with E-state index in [1.807, 2.05) is 19.1 Å². The average molecular weight is 525 g/mol. The molecule has 0 radical (unpaired) electrons. The van der Waals surface area contributed by atoms with Crippen molar-refractivity contribution in [1.29, 1.82) is 0 Å². The molecule has 2 unspecified atom stereocenters. The van der Waals surface area contributed by atoms with Crippen LogP contribution in [0.3, 0.4) is 0 Å². The van der Waals surface area contributed by atoms with Gasteiger partial charge in [-0.2, -0.15) is 0 Å². The highest BCUT2D eigenvalue weighted by Gasteiger charge is 2.37. The summed E-state index contributed by atoms with van der Waals surface area (Å²) in [6, 6.07) is 10.7. The van der Waals surface area contributed by atoms with Gasteiger partial charge in [0.1, 0.15) is 23.4 Å². The Labute approximate surface area is 222 Å².